The summed E-state index contributed by atoms with van der Waals surface area (Å²) in [5.41, 5.74) is 0. The van der Waals surface area contributed by atoms with E-state index in [9.17, 15) is 0 Å². The monoisotopic (exact) mass is 143 g/mol. The van der Waals surface area contributed by atoms with Crippen LogP contribution in [0.15, 0.2) is 16.6 Å². The van der Waals surface area contributed by atoms with Gasteiger partial charge in [0, 0.05) is 6.20 Å². The van der Waals surface area contributed by atoms with Crippen LogP contribution < -0.4 is 0 Å². The second-order valence-electron chi connectivity index (χ2n) is 2.19. The Bertz CT molecular complexity index is 97.1. The molecule has 0 amide bonds. The van der Waals surface area contributed by atoms with Crippen molar-refractivity contribution < 1.29 is 0 Å². The summed E-state index contributed by atoms with van der Waals surface area (Å²) in [6.45, 7) is 7.72. The molecule has 0 aromatic heterocycles. The SMILES string of the molecule is C=N/C=C\SCC(C)C. The van der Waals surface area contributed by atoms with E-state index in [-0.39, 0.29) is 0 Å². The molecule has 0 spiro atoms. The molecule has 0 aromatic rings. The highest BCUT2D eigenvalue weighted by Crippen LogP contribution is 2.07. The third-order valence-corrected chi connectivity index (χ3v) is 1.87. The summed E-state index contributed by atoms with van der Waals surface area (Å²) in [6.07, 6.45) is 1.72. The van der Waals surface area contributed by atoms with Crippen LogP contribution in [0.5, 0.6) is 0 Å². The minimum atomic E-state index is 0.754. The van der Waals surface area contributed by atoms with Crippen LogP contribution in [0.2, 0.25) is 0 Å². The average Bonchev–Trinajstić information content (AvgIpc) is 1.80. The molecule has 0 radical (unpaired) electrons. The van der Waals surface area contributed by atoms with Crippen molar-refractivity contribution in [2.24, 2.45) is 10.9 Å². The minimum Gasteiger partial charge on any atom is -0.272 e. The Morgan fingerprint density at radius 1 is 1.67 bits per heavy atom. The molecular weight excluding hydrogens is 130 g/mol. The summed E-state index contributed by atoms with van der Waals surface area (Å²) in [4.78, 5) is 3.58. The Labute approximate surface area is 61.3 Å². The molecule has 2 heteroatoms. The lowest BCUT2D eigenvalue weighted by molar-refractivity contribution is 0.751. The molecule has 9 heavy (non-hydrogen) atoms. The van der Waals surface area contributed by atoms with Crippen molar-refractivity contribution >= 4 is 18.5 Å². The van der Waals surface area contributed by atoms with E-state index in [0.717, 1.165) is 11.7 Å². The summed E-state index contributed by atoms with van der Waals surface area (Å²) >= 11 is 1.77. The fraction of sp³-hybridized carbons (Fsp3) is 0.571. The van der Waals surface area contributed by atoms with Crippen molar-refractivity contribution in [2.45, 2.75) is 13.8 Å². The van der Waals surface area contributed by atoms with Gasteiger partial charge in [-0.25, -0.2) is 0 Å². The molecular formula is C7H13NS. The van der Waals surface area contributed by atoms with Crippen molar-refractivity contribution in [1.82, 2.24) is 0 Å². The van der Waals surface area contributed by atoms with Gasteiger partial charge in [-0.1, -0.05) is 13.8 Å². The first kappa shape index (κ1) is 8.76. The highest BCUT2D eigenvalue weighted by molar-refractivity contribution is 8.02. The lowest BCUT2D eigenvalue weighted by atomic mass is 10.3. The first-order valence-corrected chi connectivity index (χ1v) is 4.04. The standard InChI is InChI=1S/C7H13NS/c1-7(2)6-9-5-4-8-3/h4-5,7H,3,6H2,1-2H3/b5-4-. The molecule has 0 fully saturated rings. The fourth-order valence-corrected chi connectivity index (χ4v) is 1.00. The molecule has 0 atom stereocenters. The van der Waals surface area contributed by atoms with E-state index in [4.69, 9.17) is 0 Å². The van der Waals surface area contributed by atoms with Gasteiger partial charge in [-0.3, -0.25) is 4.99 Å². The topological polar surface area (TPSA) is 12.4 Å². The number of aliphatic imine (C=N–C) groups is 1. The average molecular weight is 143 g/mol. The van der Waals surface area contributed by atoms with Crippen molar-refractivity contribution in [1.29, 1.82) is 0 Å². The van der Waals surface area contributed by atoms with Crippen molar-refractivity contribution in [3.63, 3.8) is 0 Å². The second kappa shape index (κ2) is 5.89. The van der Waals surface area contributed by atoms with Gasteiger partial charge in [-0.05, 0) is 23.8 Å². The summed E-state index contributed by atoms with van der Waals surface area (Å²) < 4.78 is 0. The smallest absolute Gasteiger partial charge is 0.0323 e. The van der Waals surface area contributed by atoms with E-state index >= 15 is 0 Å². The summed E-state index contributed by atoms with van der Waals surface area (Å²) in [5.74, 6) is 1.91. The molecule has 0 aromatic carbocycles. The molecule has 0 heterocycles. The molecule has 0 aliphatic carbocycles. The van der Waals surface area contributed by atoms with Gasteiger partial charge in [0.05, 0.1) is 0 Å². The zero-order chi connectivity index (χ0) is 7.11. The van der Waals surface area contributed by atoms with Gasteiger partial charge in [0.25, 0.3) is 0 Å². The molecule has 0 aliphatic heterocycles. The molecule has 0 unspecified atom stereocenters. The fourth-order valence-electron chi connectivity index (χ4n) is 0.334. The van der Waals surface area contributed by atoms with E-state index in [2.05, 4.69) is 25.6 Å². The van der Waals surface area contributed by atoms with Gasteiger partial charge in [-0.2, -0.15) is 0 Å². The Kier molecular flexibility index (Phi) is 5.73. The number of hydrogen-bond donors (Lipinski definition) is 0. The van der Waals surface area contributed by atoms with Gasteiger partial charge in [-0.15, -0.1) is 11.8 Å². The zero-order valence-corrected chi connectivity index (χ0v) is 6.82. The Morgan fingerprint density at radius 2 is 2.33 bits per heavy atom. The predicted octanol–water partition coefficient (Wildman–Crippen LogP) is 2.55. The van der Waals surface area contributed by atoms with E-state index in [1.165, 1.54) is 0 Å². The number of rotatable bonds is 4. The van der Waals surface area contributed by atoms with E-state index in [1.54, 1.807) is 18.0 Å². The molecule has 0 saturated carbocycles. The van der Waals surface area contributed by atoms with E-state index in [0.29, 0.717) is 0 Å². The number of hydrogen-bond acceptors (Lipinski definition) is 2. The summed E-state index contributed by atoms with van der Waals surface area (Å²) in [5, 5.41) is 1.97. The largest absolute Gasteiger partial charge is 0.272 e. The normalized spacial score (nSPS) is 11.0. The summed E-state index contributed by atoms with van der Waals surface area (Å²) in [6, 6.07) is 0. The van der Waals surface area contributed by atoms with Gasteiger partial charge in [0.1, 0.15) is 0 Å². The van der Waals surface area contributed by atoms with Crippen LogP contribution in [0.25, 0.3) is 0 Å². The molecule has 0 aliphatic rings. The van der Waals surface area contributed by atoms with Crippen LogP contribution in [0, 0.1) is 5.92 Å². The number of nitrogens with zero attached hydrogens (tertiary/aromatic N) is 1. The maximum Gasteiger partial charge on any atom is 0.0323 e. The second-order valence-corrected chi connectivity index (χ2v) is 3.13. The van der Waals surface area contributed by atoms with Crippen LogP contribution in [0.4, 0.5) is 0 Å². The van der Waals surface area contributed by atoms with Gasteiger partial charge in [0.15, 0.2) is 0 Å². The van der Waals surface area contributed by atoms with Crippen LogP contribution in [0.3, 0.4) is 0 Å². The predicted molar refractivity (Wildman–Crippen MR) is 46.0 cm³/mol. The van der Waals surface area contributed by atoms with Crippen molar-refractivity contribution in [2.75, 3.05) is 5.75 Å². The Balaban J connectivity index is 3.08. The highest BCUT2D eigenvalue weighted by Gasteiger charge is 1.88. The van der Waals surface area contributed by atoms with Gasteiger partial charge >= 0.3 is 0 Å². The lowest BCUT2D eigenvalue weighted by Crippen LogP contribution is -1.87. The van der Waals surface area contributed by atoms with Crippen LogP contribution in [0.1, 0.15) is 13.8 Å². The lowest BCUT2D eigenvalue weighted by Gasteiger charge is -1.97. The Hall–Kier alpha value is -0.240. The third-order valence-electron chi connectivity index (χ3n) is 0.692. The van der Waals surface area contributed by atoms with Gasteiger partial charge in [0.2, 0.25) is 0 Å². The highest BCUT2D eigenvalue weighted by atomic mass is 32.2. The van der Waals surface area contributed by atoms with E-state index < -0.39 is 0 Å². The molecule has 52 valence electrons. The van der Waals surface area contributed by atoms with Crippen molar-refractivity contribution in [3.8, 4) is 0 Å². The minimum absolute atomic E-state index is 0.754. The van der Waals surface area contributed by atoms with Crippen LogP contribution >= 0.6 is 11.8 Å². The first-order valence-electron chi connectivity index (χ1n) is 3.00. The third kappa shape index (κ3) is 7.76. The van der Waals surface area contributed by atoms with Crippen LogP contribution in [-0.2, 0) is 0 Å². The summed E-state index contributed by atoms with van der Waals surface area (Å²) in [7, 11) is 0. The maximum atomic E-state index is 3.58. The van der Waals surface area contributed by atoms with E-state index in [1.807, 2.05) is 5.41 Å². The molecule has 0 bridgehead atoms. The molecule has 0 saturated heterocycles. The maximum absolute atomic E-state index is 3.58. The zero-order valence-electron chi connectivity index (χ0n) is 6.00. The Morgan fingerprint density at radius 3 is 2.78 bits per heavy atom. The van der Waals surface area contributed by atoms with Gasteiger partial charge < -0.3 is 0 Å². The van der Waals surface area contributed by atoms with Crippen molar-refractivity contribution in [3.05, 3.63) is 11.6 Å². The first-order chi connectivity index (χ1) is 4.27. The van der Waals surface area contributed by atoms with Crippen LogP contribution in [-0.4, -0.2) is 12.5 Å². The quantitative estimate of drug-likeness (QED) is 0.551. The molecule has 0 rings (SSSR count). The molecule has 0 N–H and O–H groups in total. The number of thioether (sulfide) groups is 1. The molecule has 1 nitrogen and oxygen atoms in total.